The highest BCUT2D eigenvalue weighted by Gasteiger charge is 2.48. The van der Waals surface area contributed by atoms with Crippen molar-refractivity contribution in [3.05, 3.63) is 12.3 Å². The highest BCUT2D eigenvalue weighted by molar-refractivity contribution is 5.10. The Morgan fingerprint density at radius 1 is 1.60 bits per heavy atom. The van der Waals surface area contributed by atoms with Gasteiger partial charge in [0.15, 0.2) is 0 Å². The van der Waals surface area contributed by atoms with Gasteiger partial charge in [-0.15, -0.1) is 0 Å². The van der Waals surface area contributed by atoms with Gasteiger partial charge in [0.1, 0.15) is 5.76 Å². The molecule has 1 aliphatic carbocycles. The van der Waals surface area contributed by atoms with Gasteiger partial charge < -0.3 is 10.4 Å². The van der Waals surface area contributed by atoms with E-state index in [9.17, 15) is 0 Å². The van der Waals surface area contributed by atoms with E-state index in [2.05, 4.69) is 11.9 Å². The first kappa shape index (κ1) is 6.23. The summed E-state index contributed by atoms with van der Waals surface area (Å²) in [6.45, 7) is 4.60. The molecule has 2 rings (SSSR count). The van der Waals surface area contributed by atoms with E-state index in [-0.39, 0.29) is 6.04 Å². The van der Waals surface area contributed by atoms with Gasteiger partial charge in [0.2, 0.25) is 0 Å². The van der Waals surface area contributed by atoms with Gasteiger partial charge in [-0.25, -0.2) is 0 Å². The van der Waals surface area contributed by atoms with Gasteiger partial charge in [-0.2, -0.15) is 0 Å². The topological polar surface area (TPSA) is 32.3 Å². The summed E-state index contributed by atoms with van der Waals surface area (Å²) in [5, 5.41) is 12.3. The predicted molar refractivity (Wildman–Crippen MR) is 39.8 cm³/mol. The number of hydrogen-bond donors (Lipinski definition) is 2. The van der Waals surface area contributed by atoms with Crippen LogP contribution in [0.1, 0.15) is 19.3 Å². The Labute approximate surface area is 60.9 Å². The van der Waals surface area contributed by atoms with Crippen molar-refractivity contribution in [2.24, 2.45) is 5.41 Å². The highest BCUT2D eigenvalue weighted by Crippen LogP contribution is 2.52. The van der Waals surface area contributed by atoms with Gasteiger partial charge in [0.25, 0.3) is 0 Å². The van der Waals surface area contributed by atoms with Gasteiger partial charge in [-0.05, 0) is 24.7 Å². The maximum absolute atomic E-state index is 9.06. The lowest BCUT2D eigenvalue weighted by Gasteiger charge is -2.06. The first-order valence-electron chi connectivity index (χ1n) is 3.83. The summed E-state index contributed by atoms with van der Waals surface area (Å²) >= 11 is 0. The van der Waals surface area contributed by atoms with E-state index >= 15 is 0 Å². The maximum Gasteiger partial charge on any atom is 0.102 e. The quantitative estimate of drug-likeness (QED) is 0.535. The van der Waals surface area contributed by atoms with E-state index in [1.807, 2.05) is 0 Å². The standard InChI is InChI=1S/C8H13NO/c1-6(10)7-4-8(2-3-8)5-9-7/h7,9-10H,1-5H2/t7-/m0/s1. The van der Waals surface area contributed by atoms with Gasteiger partial charge in [0, 0.05) is 6.54 Å². The number of aliphatic hydroxyl groups is 1. The van der Waals surface area contributed by atoms with Gasteiger partial charge >= 0.3 is 0 Å². The Bertz CT molecular complexity index is 172. The van der Waals surface area contributed by atoms with E-state index in [1.54, 1.807) is 0 Å². The number of nitrogens with one attached hydrogen (secondary N) is 1. The van der Waals surface area contributed by atoms with Crippen molar-refractivity contribution in [2.75, 3.05) is 6.54 Å². The Morgan fingerprint density at radius 2 is 2.30 bits per heavy atom. The average molecular weight is 139 g/mol. The van der Waals surface area contributed by atoms with Crippen molar-refractivity contribution in [1.82, 2.24) is 5.32 Å². The molecule has 10 heavy (non-hydrogen) atoms. The van der Waals surface area contributed by atoms with Crippen LogP contribution in [0.4, 0.5) is 0 Å². The second-order valence-corrected chi connectivity index (χ2v) is 3.63. The number of aliphatic hydroxyl groups excluding tert-OH is 1. The minimum atomic E-state index is 0.183. The summed E-state index contributed by atoms with van der Waals surface area (Å²) in [7, 11) is 0. The second kappa shape index (κ2) is 1.76. The molecule has 2 nitrogen and oxygen atoms in total. The average Bonchev–Trinajstić information content (AvgIpc) is 2.41. The van der Waals surface area contributed by atoms with E-state index in [1.165, 1.54) is 12.8 Å². The molecule has 0 aromatic rings. The van der Waals surface area contributed by atoms with Crippen LogP contribution in [0.5, 0.6) is 0 Å². The van der Waals surface area contributed by atoms with Crippen molar-refractivity contribution in [1.29, 1.82) is 0 Å². The fourth-order valence-corrected chi connectivity index (χ4v) is 1.71. The van der Waals surface area contributed by atoms with Crippen LogP contribution in [0.3, 0.4) is 0 Å². The molecular weight excluding hydrogens is 126 g/mol. The smallest absolute Gasteiger partial charge is 0.102 e. The monoisotopic (exact) mass is 139 g/mol. The molecule has 1 atom stereocenters. The van der Waals surface area contributed by atoms with E-state index in [0.29, 0.717) is 11.2 Å². The molecular formula is C8H13NO. The first-order chi connectivity index (χ1) is 4.72. The third-order valence-corrected chi connectivity index (χ3v) is 2.72. The lowest BCUT2D eigenvalue weighted by atomic mass is 10.0. The Kier molecular flexibility index (Phi) is 1.09. The molecule has 0 aromatic heterocycles. The Morgan fingerprint density at radius 3 is 2.60 bits per heavy atom. The van der Waals surface area contributed by atoms with Crippen LogP contribution >= 0.6 is 0 Å². The number of hydrogen-bond acceptors (Lipinski definition) is 2. The Hall–Kier alpha value is -0.500. The van der Waals surface area contributed by atoms with Crippen molar-refractivity contribution < 1.29 is 5.11 Å². The second-order valence-electron chi connectivity index (χ2n) is 3.63. The first-order valence-corrected chi connectivity index (χ1v) is 3.83. The fourth-order valence-electron chi connectivity index (χ4n) is 1.71. The highest BCUT2D eigenvalue weighted by atomic mass is 16.3. The molecule has 1 heterocycles. The molecule has 0 aromatic carbocycles. The van der Waals surface area contributed by atoms with Crippen molar-refractivity contribution in [3.63, 3.8) is 0 Å². The molecule has 2 N–H and O–H groups in total. The van der Waals surface area contributed by atoms with Crippen LogP contribution in [-0.4, -0.2) is 17.7 Å². The summed E-state index contributed by atoms with van der Waals surface area (Å²) in [6.07, 6.45) is 3.77. The molecule has 1 aliphatic heterocycles. The molecule has 1 spiro atoms. The fraction of sp³-hybridized carbons (Fsp3) is 0.750. The van der Waals surface area contributed by atoms with E-state index in [0.717, 1.165) is 13.0 Å². The zero-order chi connectivity index (χ0) is 7.19. The third-order valence-electron chi connectivity index (χ3n) is 2.72. The lowest BCUT2D eigenvalue weighted by Crippen LogP contribution is -2.22. The van der Waals surface area contributed by atoms with Crippen molar-refractivity contribution in [3.8, 4) is 0 Å². The van der Waals surface area contributed by atoms with Crippen LogP contribution in [0.2, 0.25) is 0 Å². The minimum Gasteiger partial charge on any atom is -0.511 e. The van der Waals surface area contributed by atoms with E-state index in [4.69, 9.17) is 5.11 Å². The molecule has 1 saturated heterocycles. The summed E-state index contributed by atoms with van der Waals surface area (Å²) in [5.74, 6) is 0.309. The summed E-state index contributed by atoms with van der Waals surface area (Å²) < 4.78 is 0. The molecule has 2 heteroatoms. The number of rotatable bonds is 1. The molecule has 2 fully saturated rings. The molecule has 1 saturated carbocycles. The molecule has 56 valence electrons. The normalized spacial score (nSPS) is 34.6. The van der Waals surface area contributed by atoms with Crippen LogP contribution in [0.25, 0.3) is 0 Å². The molecule has 0 radical (unpaired) electrons. The summed E-state index contributed by atoms with van der Waals surface area (Å²) in [4.78, 5) is 0. The van der Waals surface area contributed by atoms with Gasteiger partial charge in [-0.1, -0.05) is 6.58 Å². The SMILES string of the molecule is C=C(O)[C@@H]1CC2(CC2)CN1. The van der Waals surface area contributed by atoms with Crippen LogP contribution in [0.15, 0.2) is 12.3 Å². The van der Waals surface area contributed by atoms with Crippen molar-refractivity contribution in [2.45, 2.75) is 25.3 Å². The maximum atomic E-state index is 9.06. The summed E-state index contributed by atoms with van der Waals surface area (Å²) in [6, 6.07) is 0.183. The van der Waals surface area contributed by atoms with Crippen LogP contribution in [-0.2, 0) is 0 Å². The lowest BCUT2D eigenvalue weighted by molar-refractivity contribution is 0.353. The third kappa shape index (κ3) is 0.833. The van der Waals surface area contributed by atoms with Gasteiger partial charge in [0.05, 0.1) is 6.04 Å². The molecule has 2 aliphatic rings. The minimum absolute atomic E-state index is 0.183. The molecule has 0 amide bonds. The predicted octanol–water partition coefficient (Wildman–Crippen LogP) is 1.20. The zero-order valence-corrected chi connectivity index (χ0v) is 6.06. The largest absolute Gasteiger partial charge is 0.511 e. The van der Waals surface area contributed by atoms with Crippen LogP contribution < -0.4 is 5.32 Å². The van der Waals surface area contributed by atoms with Crippen molar-refractivity contribution >= 4 is 0 Å². The van der Waals surface area contributed by atoms with E-state index < -0.39 is 0 Å². The van der Waals surface area contributed by atoms with Crippen LogP contribution in [0, 0.1) is 5.41 Å². The van der Waals surface area contributed by atoms with Gasteiger partial charge in [-0.3, -0.25) is 0 Å². The Balaban J connectivity index is 1.99. The molecule has 0 bridgehead atoms. The summed E-state index contributed by atoms with van der Waals surface area (Å²) in [5.41, 5.74) is 0.566. The zero-order valence-electron chi connectivity index (χ0n) is 6.06. The molecule has 0 unspecified atom stereocenters.